The van der Waals surface area contributed by atoms with Gasteiger partial charge in [0.25, 0.3) is 5.91 Å². The van der Waals surface area contributed by atoms with E-state index in [1.54, 1.807) is 60.9 Å². The van der Waals surface area contributed by atoms with E-state index in [9.17, 15) is 9.59 Å². The Morgan fingerprint density at radius 2 is 1.79 bits per heavy atom. The Morgan fingerprint density at radius 1 is 0.966 bits per heavy atom. The molecule has 0 aliphatic carbocycles. The largest absolute Gasteiger partial charge is 0.489 e. The average molecular weight is 392 g/mol. The number of anilines is 1. The Bertz CT molecular complexity index is 958. The minimum atomic E-state index is -0.465. The summed E-state index contributed by atoms with van der Waals surface area (Å²) in [6.07, 6.45) is 3.43. The Hall–Kier alpha value is -3.87. The fraction of sp³-hybridized carbons (Fsp3) is 0.136. The molecule has 1 aromatic heterocycles. The lowest BCUT2D eigenvalue weighted by Crippen LogP contribution is -2.13. The van der Waals surface area contributed by atoms with Gasteiger partial charge in [-0.25, -0.2) is 4.79 Å². The van der Waals surface area contributed by atoms with Gasteiger partial charge in [-0.3, -0.25) is 9.78 Å². The van der Waals surface area contributed by atoms with Crippen LogP contribution < -0.4 is 14.8 Å². The van der Waals surface area contributed by atoms with Gasteiger partial charge < -0.3 is 19.5 Å². The van der Waals surface area contributed by atoms with Crippen LogP contribution in [0, 0.1) is 0 Å². The van der Waals surface area contributed by atoms with E-state index in [4.69, 9.17) is 9.47 Å². The Labute approximate surface area is 168 Å². The maximum atomic E-state index is 12.5. The van der Waals surface area contributed by atoms with E-state index in [0.717, 1.165) is 5.56 Å². The number of nitrogens with zero attached hydrogens (tertiary/aromatic N) is 1. The van der Waals surface area contributed by atoms with Crippen molar-refractivity contribution in [3.63, 3.8) is 0 Å². The van der Waals surface area contributed by atoms with Gasteiger partial charge in [0.2, 0.25) is 0 Å². The molecule has 0 atom stereocenters. The number of nitrogens with one attached hydrogen (secondary N) is 1. The van der Waals surface area contributed by atoms with Crippen LogP contribution in [0.3, 0.4) is 0 Å². The molecule has 0 fully saturated rings. The molecule has 0 unspecified atom stereocenters. The highest BCUT2D eigenvalue weighted by atomic mass is 16.6. The van der Waals surface area contributed by atoms with Crippen molar-refractivity contribution >= 4 is 17.6 Å². The highest BCUT2D eigenvalue weighted by Crippen LogP contribution is 2.19. The number of ether oxygens (including phenoxy) is 3. The molecule has 0 aliphatic rings. The molecule has 3 aromatic rings. The molecular formula is C22H20N2O5. The van der Waals surface area contributed by atoms with Gasteiger partial charge in [-0.2, -0.15) is 0 Å². The van der Waals surface area contributed by atoms with Crippen LogP contribution in [0.2, 0.25) is 0 Å². The van der Waals surface area contributed by atoms with Gasteiger partial charge in [0, 0.05) is 29.2 Å². The first-order valence-corrected chi connectivity index (χ1v) is 8.87. The molecule has 3 rings (SSSR count). The molecule has 2 aromatic carbocycles. The lowest BCUT2D eigenvalue weighted by molar-refractivity contribution is -0.142. The van der Waals surface area contributed by atoms with Crippen molar-refractivity contribution in [3.05, 3.63) is 84.2 Å². The number of pyridine rings is 1. The fourth-order valence-electron chi connectivity index (χ4n) is 2.42. The minimum absolute atomic E-state index is 0.173. The molecule has 7 nitrogen and oxygen atoms in total. The molecule has 1 N–H and O–H groups in total. The van der Waals surface area contributed by atoms with Crippen LogP contribution in [0.1, 0.15) is 15.9 Å². The van der Waals surface area contributed by atoms with Crippen molar-refractivity contribution in [2.24, 2.45) is 0 Å². The monoisotopic (exact) mass is 392 g/mol. The predicted molar refractivity (Wildman–Crippen MR) is 107 cm³/mol. The molecule has 0 radical (unpaired) electrons. The summed E-state index contributed by atoms with van der Waals surface area (Å²) in [7, 11) is 1.29. The Balaban J connectivity index is 1.57. The van der Waals surface area contributed by atoms with Crippen molar-refractivity contribution in [1.82, 2.24) is 4.98 Å². The van der Waals surface area contributed by atoms with E-state index in [1.165, 1.54) is 7.11 Å². The third-order valence-electron chi connectivity index (χ3n) is 3.92. The third kappa shape index (κ3) is 6.07. The van der Waals surface area contributed by atoms with Crippen molar-refractivity contribution < 1.29 is 23.8 Å². The smallest absolute Gasteiger partial charge is 0.343 e. The summed E-state index contributed by atoms with van der Waals surface area (Å²) in [6, 6.07) is 17.4. The van der Waals surface area contributed by atoms with Crippen LogP contribution in [0.5, 0.6) is 11.5 Å². The average Bonchev–Trinajstić information content (AvgIpc) is 2.78. The second kappa shape index (κ2) is 9.89. The van der Waals surface area contributed by atoms with E-state index in [-0.39, 0.29) is 12.5 Å². The fourth-order valence-corrected chi connectivity index (χ4v) is 2.42. The van der Waals surface area contributed by atoms with E-state index in [2.05, 4.69) is 15.0 Å². The van der Waals surface area contributed by atoms with Gasteiger partial charge in [-0.15, -0.1) is 0 Å². The minimum Gasteiger partial charge on any atom is -0.489 e. The van der Waals surface area contributed by atoms with Crippen LogP contribution in [-0.2, 0) is 16.1 Å². The molecule has 0 bridgehead atoms. The summed E-state index contributed by atoms with van der Waals surface area (Å²) in [5.74, 6) is 0.361. The number of methoxy groups -OCH3 is 1. The predicted octanol–water partition coefficient (Wildman–Crippen LogP) is 3.46. The van der Waals surface area contributed by atoms with Crippen molar-refractivity contribution in [2.45, 2.75) is 6.61 Å². The van der Waals surface area contributed by atoms with Crippen LogP contribution in [-0.4, -0.2) is 30.6 Å². The van der Waals surface area contributed by atoms with Gasteiger partial charge in [0.05, 0.1) is 7.11 Å². The second-order valence-corrected chi connectivity index (χ2v) is 6.02. The molecule has 7 heteroatoms. The van der Waals surface area contributed by atoms with Gasteiger partial charge >= 0.3 is 5.97 Å². The molecule has 148 valence electrons. The molecule has 1 heterocycles. The number of benzene rings is 2. The Morgan fingerprint density at radius 3 is 2.52 bits per heavy atom. The van der Waals surface area contributed by atoms with Gasteiger partial charge in [-0.05, 0) is 48.5 Å². The summed E-state index contributed by atoms with van der Waals surface area (Å²) in [4.78, 5) is 27.6. The van der Waals surface area contributed by atoms with E-state index < -0.39 is 5.97 Å². The second-order valence-electron chi connectivity index (χ2n) is 6.02. The molecule has 29 heavy (non-hydrogen) atoms. The maximum Gasteiger partial charge on any atom is 0.343 e. The highest BCUT2D eigenvalue weighted by molar-refractivity contribution is 6.04. The van der Waals surface area contributed by atoms with E-state index in [0.29, 0.717) is 29.4 Å². The first-order valence-electron chi connectivity index (χ1n) is 8.87. The van der Waals surface area contributed by atoms with Crippen molar-refractivity contribution in [1.29, 1.82) is 0 Å². The van der Waals surface area contributed by atoms with E-state index >= 15 is 0 Å². The number of carbonyl (C=O) groups excluding carboxylic acids is 2. The summed E-state index contributed by atoms with van der Waals surface area (Å²) < 4.78 is 15.5. The molecule has 0 spiro atoms. The lowest BCUT2D eigenvalue weighted by Gasteiger charge is -2.10. The normalized spacial score (nSPS) is 10.1. The van der Waals surface area contributed by atoms with Crippen LogP contribution in [0.4, 0.5) is 5.69 Å². The lowest BCUT2D eigenvalue weighted by atomic mass is 10.2. The molecule has 0 aliphatic heterocycles. The first-order chi connectivity index (χ1) is 14.1. The highest BCUT2D eigenvalue weighted by Gasteiger charge is 2.08. The summed E-state index contributed by atoms with van der Waals surface area (Å²) in [5, 5.41) is 2.81. The third-order valence-corrected chi connectivity index (χ3v) is 3.92. The van der Waals surface area contributed by atoms with Crippen molar-refractivity contribution in [3.8, 4) is 11.5 Å². The van der Waals surface area contributed by atoms with Crippen molar-refractivity contribution in [2.75, 3.05) is 19.0 Å². The number of amides is 1. The number of rotatable bonds is 8. The van der Waals surface area contributed by atoms with Gasteiger partial charge in [0.15, 0.2) is 6.61 Å². The summed E-state index contributed by atoms with van der Waals surface area (Å²) in [6.45, 7) is 0.194. The molecular weight excluding hydrogens is 372 g/mol. The molecule has 0 saturated carbocycles. The zero-order valence-electron chi connectivity index (χ0n) is 15.8. The number of hydrogen-bond acceptors (Lipinski definition) is 6. The quantitative estimate of drug-likeness (QED) is 0.591. The van der Waals surface area contributed by atoms with Crippen LogP contribution >= 0.6 is 0 Å². The molecule has 0 saturated heterocycles. The summed E-state index contributed by atoms with van der Waals surface area (Å²) >= 11 is 0. The summed E-state index contributed by atoms with van der Waals surface area (Å²) in [5.41, 5.74) is 2.01. The Kier molecular flexibility index (Phi) is 6.78. The van der Waals surface area contributed by atoms with Gasteiger partial charge in [-0.1, -0.05) is 12.1 Å². The number of esters is 1. The van der Waals surface area contributed by atoms with Crippen LogP contribution in [0.15, 0.2) is 73.1 Å². The van der Waals surface area contributed by atoms with Crippen LogP contribution in [0.25, 0.3) is 0 Å². The number of hydrogen-bond donors (Lipinski definition) is 1. The number of carbonyl (C=O) groups is 2. The van der Waals surface area contributed by atoms with E-state index in [1.807, 2.05) is 12.1 Å². The zero-order chi connectivity index (χ0) is 20.5. The molecule has 1 amide bonds. The van der Waals surface area contributed by atoms with Gasteiger partial charge in [0.1, 0.15) is 18.1 Å². The SMILES string of the molecule is COC(=O)COc1ccc(NC(=O)c2cccc(OCc3cccnc3)c2)cc1. The number of aromatic nitrogens is 1. The first kappa shape index (κ1) is 19.9. The standard InChI is InChI=1S/C22H20N2O5/c1-27-21(25)15-29-19-9-7-18(8-10-19)24-22(26)17-5-2-6-20(12-17)28-14-16-4-3-11-23-13-16/h2-13H,14-15H2,1H3,(H,24,26). The topological polar surface area (TPSA) is 86.8 Å². The maximum absolute atomic E-state index is 12.5. The zero-order valence-corrected chi connectivity index (χ0v) is 15.8.